The summed E-state index contributed by atoms with van der Waals surface area (Å²) in [5, 5.41) is 0. The molecule has 0 bridgehead atoms. The van der Waals surface area contributed by atoms with Gasteiger partial charge < -0.3 is 9.47 Å². The predicted octanol–water partition coefficient (Wildman–Crippen LogP) is 2.09. The van der Waals surface area contributed by atoms with E-state index in [-0.39, 0.29) is 18.8 Å². The van der Waals surface area contributed by atoms with Crippen molar-refractivity contribution in [2.45, 2.75) is 34.1 Å². The van der Waals surface area contributed by atoms with Crippen molar-refractivity contribution in [3.05, 3.63) is 11.6 Å². The molecule has 0 rings (SSSR count). The zero-order valence-corrected chi connectivity index (χ0v) is 10.4. The van der Waals surface area contributed by atoms with Crippen LogP contribution in [-0.2, 0) is 19.1 Å². The predicted molar refractivity (Wildman–Crippen MR) is 60.8 cm³/mol. The molecule has 0 aromatic heterocycles. The van der Waals surface area contributed by atoms with Gasteiger partial charge in [0.15, 0.2) is 0 Å². The van der Waals surface area contributed by atoms with E-state index in [0.717, 1.165) is 0 Å². The quantitative estimate of drug-likeness (QED) is 0.302. The molecule has 0 amide bonds. The number of ether oxygens (including phenoxy) is 2. The normalized spacial score (nSPS) is 9.81. The molecule has 4 nitrogen and oxygen atoms in total. The van der Waals surface area contributed by atoms with E-state index in [1.165, 1.54) is 0 Å². The largest absolute Gasteiger partial charge is 0.462 e. The van der Waals surface area contributed by atoms with E-state index in [1.54, 1.807) is 19.9 Å². The Kier molecular flexibility index (Phi) is 7.25. The van der Waals surface area contributed by atoms with Gasteiger partial charge in [0.2, 0.25) is 0 Å². The third-order valence-corrected chi connectivity index (χ3v) is 1.78. The van der Waals surface area contributed by atoms with Gasteiger partial charge in [-0.2, -0.15) is 0 Å². The van der Waals surface area contributed by atoms with Crippen LogP contribution in [0.2, 0.25) is 0 Å². The third kappa shape index (κ3) is 5.53. The molecule has 4 heteroatoms. The number of allylic oxidation sites excluding steroid dienone is 1. The first-order chi connectivity index (χ1) is 7.52. The van der Waals surface area contributed by atoms with Gasteiger partial charge in [-0.3, -0.25) is 0 Å². The van der Waals surface area contributed by atoms with Gasteiger partial charge >= 0.3 is 11.9 Å². The molecule has 92 valence electrons. The molecule has 0 saturated carbocycles. The van der Waals surface area contributed by atoms with Crippen LogP contribution in [0.4, 0.5) is 0 Å². The van der Waals surface area contributed by atoms with E-state index in [9.17, 15) is 9.59 Å². The van der Waals surface area contributed by atoms with Crippen LogP contribution in [-0.4, -0.2) is 25.2 Å². The smallest absolute Gasteiger partial charge is 0.345 e. The van der Waals surface area contributed by atoms with Crippen molar-refractivity contribution in [2.24, 2.45) is 5.92 Å². The Balaban J connectivity index is 4.68. The maximum Gasteiger partial charge on any atom is 0.345 e. The molecule has 0 aliphatic carbocycles. The first-order valence-corrected chi connectivity index (χ1v) is 5.57. The SMILES string of the molecule is CCOC(=O)C(=CCC(C)C)C(=O)OCC. The lowest BCUT2D eigenvalue weighted by molar-refractivity contribution is -0.146. The average molecular weight is 228 g/mol. The minimum absolute atomic E-state index is 0.00241. The lowest BCUT2D eigenvalue weighted by atomic mass is 10.1. The summed E-state index contributed by atoms with van der Waals surface area (Å²) < 4.78 is 9.59. The summed E-state index contributed by atoms with van der Waals surface area (Å²) in [6, 6.07) is 0. The van der Waals surface area contributed by atoms with Crippen LogP contribution < -0.4 is 0 Å². The monoisotopic (exact) mass is 228 g/mol. The molecule has 0 unspecified atom stereocenters. The number of carbonyl (C=O) groups is 2. The van der Waals surface area contributed by atoms with Crippen molar-refractivity contribution >= 4 is 11.9 Å². The van der Waals surface area contributed by atoms with Crippen molar-refractivity contribution < 1.29 is 19.1 Å². The Hall–Kier alpha value is -1.32. The summed E-state index contributed by atoms with van der Waals surface area (Å²) in [6.45, 7) is 7.90. The standard InChI is InChI=1S/C12H20O4/c1-5-15-11(13)10(8-7-9(3)4)12(14)16-6-2/h8-9H,5-7H2,1-4H3. The Morgan fingerprint density at radius 2 is 1.50 bits per heavy atom. The molecule has 0 aliphatic rings. The Morgan fingerprint density at radius 3 is 1.81 bits per heavy atom. The molecule has 0 atom stereocenters. The van der Waals surface area contributed by atoms with Crippen LogP contribution in [0.5, 0.6) is 0 Å². The molecule has 0 radical (unpaired) electrons. The van der Waals surface area contributed by atoms with Gasteiger partial charge in [0, 0.05) is 0 Å². The number of rotatable bonds is 6. The van der Waals surface area contributed by atoms with Crippen LogP contribution in [0, 0.1) is 5.92 Å². The molecule has 0 fully saturated rings. The van der Waals surface area contributed by atoms with E-state index in [2.05, 4.69) is 0 Å². The zero-order chi connectivity index (χ0) is 12.6. The summed E-state index contributed by atoms with van der Waals surface area (Å²) in [5.41, 5.74) is -0.00241. The van der Waals surface area contributed by atoms with E-state index in [4.69, 9.17) is 9.47 Å². The van der Waals surface area contributed by atoms with E-state index in [0.29, 0.717) is 12.3 Å². The fourth-order valence-corrected chi connectivity index (χ4v) is 1.02. The van der Waals surface area contributed by atoms with Crippen LogP contribution in [0.1, 0.15) is 34.1 Å². The average Bonchev–Trinajstić information content (AvgIpc) is 2.18. The molecule has 0 aliphatic heterocycles. The molecular weight excluding hydrogens is 208 g/mol. The van der Waals surface area contributed by atoms with Crippen LogP contribution in [0.15, 0.2) is 11.6 Å². The highest BCUT2D eigenvalue weighted by Crippen LogP contribution is 2.08. The van der Waals surface area contributed by atoms with Gasteiger partial charge in [0.05, 0.1) is 13.2 Å². The number of hydrogen-bond donors (Lipinski definition) is 0. The molecule has 0 N–H and O–H groups in total. The molecule has 0 aromatic carbocycles. The van der Waals surface area contributed by atoms with E-state index in [1.807, 2.05) is 13.8 Å². The van der Waals surface area contributed by atoms with Gasteiger partial charge in [0.25, 0.3) is 0 Å². The van der Waals surface area contributed by atoms with Gasteiger partial charge in [-0.15, -0.1) is 0 Å². The molecule has 0 spiro atoms. The number of esters is 2. The van der Waals surface area contributed by atoms with Gasteiger partial charge in [-0.05, 0) is 26.2 Å². The van der Waals surface area contributed by atoms with Crippen LogP contribution in [0.3, 0.4) is 0 Å². The highest BCUT2D eigenvalue weighted by atomic mass is 16.6. The molecule has 0 heterocycles. The Labute approximate surface area is 96.6 Å². The Bertz CT molecular complexity index is 246. The maximum absolute atomic E-state index is 11.5. The lowest BCUT2D eigenvalue weighted by Gasteiger charge is -2.07. The minimum atomic E-state index is -0.610. The zero-order valence-electron chi connectivity index (χ0n) is 10.4. The highest BCUT2D eigenvalue weighted by molar-refractivity contribution is 6.14. The van der Waals surface area contributed by atoms with Crippen molar-refractivity contribution in [3.63, 3.8) is 0 Å². The second-order valence-electron chi connectivity index (χ2n) is 3.69. The van der Waals surface area contributed by atoms with Gasteiger partial charge in [-0.1, -0.05) is 19.9 Å². The summed E-state index contributed by atoms with van der Waals surface area (Å²) in [7, 11) is 0. The minimum Gasteiger partial charge on any atom is -0.462 e. The van der Waals surface area contributed by atoms with Crippen LogP contribution >= 0.6 is 0 Å². The van der Waals surface area contributed by atoms with Crippen LogP contribution in [0.25, 0.3) is 0 Å². The number of carbonyl (C=O) groups excluding carboxylic acids is 2. The summed E-state index contributed by atoms with van der Waals surface area (Å²) >= 11 is 0. The highest BCUT2D eigenvalue weighted by Gasteiger charge is 2.20. The molecule has 0 aromatic rings. The van der Waals surface area contributed by atoms with Crippen molar-refractivity contribution in [1.82, 2.24) is 0 Å². The molecular formula is C12H20O4. The number of hydrogen-bond acceptors (Lipinski definition) is 4. The molecule has 16 heavy (non-hydrogen) atoms. The Morgan fingerprint density at radius 1 is 1.06 bits per heavy atom. The lowest BCUT2D eigenvalue weighted by Crippen LogP contribution is -2.18. The molecule has 0 saturated heterocycles. The topological polar surface area (TPSA) is 52.6 Å². The first-order valence-electron chi connectivity index (χ1n) is 5.57. The van der Waals surface area contributed by atoms with Crippen molar-refractivity contribution in [2.75, 3.05) is 13.2 Å². The summed E-state index contributed by atoms with van der Waals surface area (Å²) in [5.74, 6) is -0.845. The van der Waals surface area contributed by atoms with Crippen molar-refractivity contribution in [1.29, 1.82) is 0 Å². The third-order valence-electron chi connectivity index (χ3n) is 1.78. The van der Waals surface area contributed by atoms with Gasteiger partial charge in [0.1, 0.15) is 5.57 Å². The second-order valence-corrected chi connectivity index (χ2v) is 3.69. The first kappa shape index (κ1) is 14.7. The maximum atomic E-state index is 11.5. The summed E-state index contributed by atoms with van der Waals surface area (Å²) in [4.78, 5) is 23.0. The van der Waals surface area contributed by atoms with E-state index < -0.39 is 11.9 Å². The summed E-state index contributed by atoms with van der Waals surface area (Å²) in [6.07, 6.45) is 2.23. The van der Waals surface area contributed by atoms with Gasteiger partial charge in [-0.25, -0.2) is 9.59 Å². The fraction of sp³-hybridized carbons (Fsp3) is 0.667. The fourth-order valence-electron chi connectivity index (χ4n) is 1.02. The second kappa shape index (κ2) is 7.91. The van der Waals surface area contributed by atoms with Crippen molar-refractivity contribution in [3.8, 4) is 0 Å². The van der Waals surface area contributed by atoms with E-state index >= 15 is 0 Å².